The van der Waals surface area contributed by atoms with E-state index in [9.17, 15) is 42.2 Å². The lowest BCUT2D eigenvalue weighted by Gasteiger charge is -2.44. The molecule has 0 radical (unpaired) electrons. The Labute approximate surface area is 240 Å². The van der Waals surface area contributed by atoms with E-state index in [0.29, 0.717) is 10.9 Å². The first-order valence-electron chi connectivity index (χ1n) is 13.3. The minimum absolute atomic E-state index is 0.0829. The molecule has 3 aromatic rings. The molecular formula is C29H28FN3O8S. The van der Waals surface area contributed by atoms with Crippen LogP contribution in [0.15, 0.2) is 71.6 Å². The van der Waals surface area contributed by atoms with Crippen molar-refractivity contribution in [3.05, 3.63) is 78.1 Å². The average molecular weight is 598 g/mol. The zero-order valence-corrected chi connectivity index (χ0v) is 23.1. The van der Waals surface area contributed by atoms with Gasteiger partial charge in [-0.2, -0.15) is 4.31 Å². The molecule has 0 aliphatic carbocycles. The fraction of sp³-hybridized carbons (Fsp3) is 0.310. The van der Waals surface area contributed by atoms with Gasteiger partial charge in [-0.1, -0.05) is 42.5 Å². The van der Waals surface area contributed by atoms with Crippen molar-refractivity contribution in [2.75, 3.05) is 13.1 Å². The molecule has 3 aromatic carbocycles. The van der Waals surface area contributed by atoms with Gasteiger partial charge in [0.2, 0.25) is 21.8 Å². The van der Waals surface area contributed by atoms with E-state index >= 15 is 0 Å². The van der Waals surface area contributed by atoms with Crippen LogP contribution in [0.1, 0.15) is 24.8 Å². The van der Waals surface area contributed by atoms with Crippen molar-refractivity contribution in [3.8, 4) is 0 Å². The number of carbonyl (C=O) groups is 4. The molecule has 0 aromatic heterocycles. The molecule has 3 atom stereocenters. The first-order chi connectivity index (χ1) is 20.0. The summed E-state index contributed by atoms with van der Waals surface area (Å²) in [5.41, 5.74) is 0.499. The summed E-state index contributed by atoms with van der Waals surface area (Å²) >= 11 is 0. The predicted octanol–water partition coefficient (Wildman–Crippen LogP) is 2.30. The summed E-state index contributed by atoms with van der Waals surface area (Å²) in [6.07, 6.45) is -2.54. The summed E-state index contributed by atoms with van der Waals surface area (Å²) < 4.78 is 43.1. The summed E-state index contributed by atoms with van der Waals surface area (Å²) in [6, 6.07) is 14.3. The van der Waals surface area contributed by atoms with Gasteiger partial charge in [0, 0.05) is 19.4 Å². The molecule has 2 fully saturated rings. The standard InChI is InChI=1S/C29H28FN3O8S/c30-21-8-5-18(6-9-21)15-24-28(38)31(14-13-27(36)37)17-25-32(24)29(39)23(11-12-26(34)35)33(25)42(40,41)22-10-7-19-3-1-2-4-20(19)16-22/h1-10,16,23-25H,11-15,17H2,(H,34,35)(H,36,37)/t23-,24-,25?/m0/s1. The fourth-order valence-corrected chi connectivity index (χ4v) is 7.43. The van der Waals surface area contributed by atoms with Gasteiger partial charge in [0.05, 0.1) is 17.9 Å². The number of fused-ring (bicyclic) bond motifs is 2. The number of amides is 2. The van der Waals surface area contributed by atoms with Crippen LogP contribution in [0, 0.1) is 5.82 Å². The molecular weight excluding hydrogens is 569 g/mol. The number of hydrogen-bond acceptors (Lipinski definition) is 6. The number of carboxylic acid groups (broad SMARTS) is 2. The highest BCUT2D eigenvalue weighted by Gasteiger charge is 2.58. The molecule has 2 heterocycles. The van der Waals surface area contributed by atoms with Crippen LogP contribution in [0.3, 0.4) is 0 Å². The van der Waals surface area contributed by atoms with Crippen molar-refractivity contribution in [3.63, 3.8) is 0 Å². The Kier molecular flexibility index (Phi) is 7.97. The van der Waals surface area contributed by atoms with Crippen LogP contribution in [0.4, 0.5) is 4.39 Å². The molecule has 5 rings (SSSR count). The fourth-order valence-electron chi connectivity index (χ4n) is 5.65. The molecule has 2 aliphatic heterocycles. The van der Waals surface area contributed by atoms with Crippen molar-refractivity contribution >= 4 is 44.5 Å². The number of benzene rings is 3. The first kappa shape index (κ1) is 29.1. The van der Waals surface area contributed by atoms with Gasteiger partial charge >= 0.3 is 11.9 Å². The smallest absolute Gasteiger partial charge is 0.305 e. The van der Waals surface area contributed by atoms with Gasteiger partial charge in [-0.25, -0.2) is 12.8 Å². The maximum atomic E-state index is 14.3. The van der Waals surface area contributed by atoms with Crippen LogP contribution in [0.5, 0.6) is 0 Å². The second-order valence-corrected chi connectivity index (χ2v) is 12.1. The maximum absolute atomic E-state index is 14.3. The summed E-state index contributed by atoms with van der Waals surface area (Å²) in [5.74, 6) is -4.19. The van der Waals surface area contributed by atoms with Gasteiger partial charge in [-0.3, -0.25) is 19.2 Å². The van der Waals surface area contributed by atoms with Crippen molar-refractivity contribution < 1.29 is 42.2 Å². The molecule has 2 aliphatic rings. The number of piperazine rings is 1. The van der Waals surface area contributed by atoms with Gasteiger partial charge in [0.1, 0.15) is 24.1 Å². The number of aliphatic carboxylic acids is 2. The lowest BCUT2D eigenvalue weighted by Crippen LogP contribution is -2.64. The van der Waals surface area contributed by atoms with Crippen molar-refractivity contribution in [2.45, 2.75) is 48.8 Å². The van der Waals surface area contributed by atoms with Crippen LogP contribution >= 0.6 is 0 Å². The molecule has 42 heavy (non-hydrogen) atoms. The number of sulfonamides is 1. The average Bonchev–Trinajstić information content (AvgIpc) is 3.24. The van der Waals surface area contributed by atoms with Gasteiger partial charge in [-0.15, -0.1) is 0 Å². The van der Waals surface area contributed by atoms with E-state index in [1.165, 1.54) is 46.2 Å². The van der Waals surface area contributed by atoms with E-state index in [2.05, 4.69) is 0 Å². The molecule has 11 nitrogen and oxygen atoms in total. The van der Waals surface area contributed by atoms with Crippen molar-refractivity contribution in [2.24, 2.45) is 0 Å². The molecule has 13 heteroatoms. The third-order valence-electron chi connectivity index (χ3n) is 7.64. The van der Waals surface area contributed by atoms with Gasteiger partial charge in [0.15, 0.2) is 0 Å². The zero-order chi connectivity index (χ0) is 30.2. The lowest BCUT2D eigenvalue weighted by molar-refractivity contribution is -0.153. The quantitative estimate of drug-likeness (QED) is 0.361. The summed E-state index contributed by atoms with van der Waals surface area (Å²) in [5, 5.41) is 20.1. The van der Waals surface area contributed by atoms with Crippen LogP contribution in [-0.4, -0.2) is 87.8 Å². The van der Waals surface area contributed by atoms with Gasteiger partial charge in [-0.05, 0) is 47.0 Å². The van der Waals surface area contributed by atoms with E-state index < -0.39 is 70.7 Å². The molecule has 0 saturated carbocycles. The Morgan fingerprint density at radius 2 is 1.52 bits per heavy atom. The first-order valence-corrected chi connectivity index (χ1v) is 14.7. The van der Waals surface area contributed by atoms with Crippen LogP contribution in [0.25, 0.3) is 10.8 Å². The number of carboxylic acids is 2. The third-order valence-corrected chi connectivity index (χ3v) is 9.55. The molecule has 2 amide bonds. The molecule has 2 saturated heterocycles. The van der Waals surface area contributed by atoms with E-state index in [0.717, 1.165) is 9.69 Å². The highest BCUT2D eigenvalue weighted by molar-refractivity contribution is 7.89. The SMILES string of the molecule is O=C(O)CC[C@H]1C(=O)N2C(CN(CCC(=O)O)C(=O)[C@@H]2Cc2ccc(F)cc2)N1S(=O)(=O)c1ccc2ccccc2c1. The van der Waals surface area contributed by atoms with E-state index in [-0.39, 0.29) is 30.8 Å². The van der Waals surface area contributed by atoms with E-state index in [1.54, 1.807) is 18.2 Å². The third kappa shape index (κ3) is 5.57. The monoisotopic (exact) mass is 597 g/mol. The van der Waals surface area contributed by atoms with Gasteiger partial charge < -0.3 is 20.0 Å². The highest BCUT2D eigenvalue weighted by Crippen LogP contribution is 2.37. The Balaban J connectivity index is 1.60. The van der Waals surface area contributed by atoms with Crippen LogP contribution in [-0.2, 0) is 35.6 Å². The lowest BCUT2D eigenvalue weighted by atomic mass is 10.00. The normalized spacial score (nSPS) is 21.1. The van der Waals surface area contributed by atoms with Crippen molar-refractivity contribution in [1.82, 2.24) is 14.1 Å². The molecule has 2 N–H and O–H groups in total. The Morgan fingerprint density at radius 3 is 2.19 bits per heavy atom. The Hall–Kier alpha value is -4.36. The Morgan fingerprint density at radius 1 is 0.857 bits per heavy atom. The predicted molar refractivity (Wildman–Crippen MR) is 147 cm³/mol. The number of nitrogens with zero attached hydrogens (tertiary/aromatic N) is 3. The summed E-state index contributed by atoms with van der Waals surface area (Å²) in [6.45, 7) is -0.523. The molecule has 1 unspecified atom stereocenters. The molecule has 0 spiro atoms. The summed E-state index contributed by atoms with van der Waals surface area (Å²) in [4.78, 5) is 52.7. The van der Waals surface area contributed by atoms with E-state index in [1.807, 2.05) is 12.1 Å². The number of hydrogen-bond donors (Lipinski definition) is 2. The maximum Gasteiger partial charge on any atom is 0.305 e. The number of halogens is 1. The second-order valence-electron chi connectivity index (χ2n) is 10.3. The Bertz CT molecular complexity index is 1660. The topological polar surface area (TPSA) is 153 Å². The largest absolute Gasteiger partial charge is 0.481 e. The number of carbonyl (C=O) groups excluding carboxylic acids is 2. The van der Waals surface area contributed by atoms with Crippen LogP contribution < -0.4 is 0 Å². The zero-order valence-electron chi connectivity index (χ0n) is 22.3. The van der Waals surface area contributed by atoms with E-state index in [4.69, 9.17) is 0 Å². The highest BCUT2D eigenvalue weighted by atomic mass is 32.2. The van der Waals surface area contributed by atoms with Gasteiger partial charge in [0.25, 0.3) is 0 Å². The molecule has 0 bridgehead atoms. The second kappa shape index (κ2) is 11.5. The van der Waals surface area contributed by atoms with Crippen molar-refractivity contribution in [1.29, 1.82) is 0 Å². The number of rotatable bonds is 10. The van der Waals surface area contributed by atoms with Crippen LogP contribution in [0.2, 0.25) is 0 Å². The molecule has 220 valence electrons. The minimum Gasteiger partial charge on any atom is -0.481 e. The summed E-state index contributed by atoms with van der Waals surface area (Å²) in [7, 11) is -4.43. The minimum atomic E-state index is -4.43.